The number of nitrogens with zero attached hydrogens (tertiary/aromatic N) is 4. The Morgan fingerprint density at radius 1 is 1.00 bits per heavy atom. The van der Waals surface area contributed by atoms with Gasteiger partial charge in [0.05, 0.1) is 6.61 Å². The van der Waals surface area contributed by atoms with E-state index in [1.165, 1.54) is 0 Å². The van der Waals surface area contributed by atoms with Gasteiger partial charge in [-0.05, 0) is 74.3 Å². The summed E-state index contributed by atoms with van der Waals surface area (Å²) in [5.41, 5.74) is 3.30. The molecule has 0 unspecified atom stereocenters. The van der Waals surface area contributed by atoms with Crippen molar-refractivity contribution in [2.75, 3.05) is 45.9 Å². The minimum absolute atomic E-state index is 0.0907. The number of amides is 2. The Balaban J connectivity index is 1.15. The lowest BCUT2D eigenvalue weighted by molar-refractivity contribution is -0.133. The number of aliphatic hydroxyl groups excluding tert-OH is 1. The number of aryl methyl sites for hydroxylation is 1. The Bertz CT molecular complexity index is 1500. The molecule has 1 aliphatic carbocycles. The molecule has 1 saturated carbocycles. The molecule has 2 saturated heterocycles. The van der Waals surface area contributed by atoms with E-state index in [-0.39, 0.29) is 24.3 Å². The van der Waals surface area contributed by atoms with E-state index in [1.54, 1.807) is 0 Å². The number of carbonyl (C=O) groups is 2. The molecule has 1 atom stereocenters. The third-order valence-electron chi connectivity index (χ3n) is 9.40. The number of β-amino-alcohol motifs (C(OH)–C–C–N with tert-alkyl or cyclic N) is 1. The summed E-state index contributed by atoms with van der Waals surface area (Å²) in [7, 11) is 0. The molecule has 3 aliphatic heterocycles. The number of furan rings is 1. The molecule has 8 nitrogen and oxygen atoms in total. The number of benzene rings is 2. The van der Waals surface area contributed by atoms with Gasteiger partial charge in [0.1, 0.15) is 22.7 Å². The first-order valence-corrected chi connectivity index (χ1v) is 15.1. The summed E-state index contributed by atoms with van der Waals surface area (Å²) in [6, 6.07) is 16.7. The molecule has 4 heterocycles. The van der Waals surface area contributed by atoms with Crippen molar-refractivity contribution in [1.82, 2.24) is 14.7 Å². The van der Waals surface area contributed by atoms with Crippen LogP contribution in [0.5, 0.6) is 0 Å². The fourth-order valence-corrected chi connectivity index (χ4v) is 6.86. The van der Waals surface area contributed by atoms with Crippen LogP contribution < -0.4 is 0 Å². The largest absolute Gasteiger partial charge is 0.461 e. The van der Waals surface area contributed by atoms with E-state index in [1.807, 2.05) is 22.8 Å². The zero-order chi connectivity index (χ0) is 28.1. The molecule has 41 heavy (non-hydrogen) atoms. The SMILES string of the molecule is Cc1cc2cc(-c3ccc(C4=NC5(CCN(CCO)CC5)C(=O)N4C[C@@H]4CCN(C(=O)C5CC5)C4)cc3)ccc2o1. The summed E-state index contributed by atoms with van der Waals surface area (Å²) in [6.45, 7) is 6.30. The van der Waals surface area contributed by atoms with Gasteiger partial charge in [0.2, 0.25) is 5.91 Å². The summed E-state index contributed by atoms with van der Waals surface area (Å²) in [5.74, 6) is 2.51. The lowest BCUT2D eigenvalue weighted by atomic mass is 9.87. The van der Waals surface area contributed by atoms with Gasteiger partial charge < -0.3 is 19.3 Å². The van der Waals surface area contributed by atoms with Crippen LogP contribution in [0.2, 0.25) is 0 Å². The highest BCUT2D eigenvalue weighted by molar-refractivity contribution is 6.15. The maximum absolute atomic E-state index is 14.1. The molecule has 0 radical (unpaired) electrons. The number of rotatable bonds is 7. The molecule has 8 heteroatoms. The van der Waals surface area contributed by atoms with Crippen molar-refractivity contribution in [3.63, 3.8) is 0 Å². The predicted molar refractivity (Wildman–Crippen MR) is 158 cm³/mol. The Hall–Kier alpha value is -3.49. The van der Waals surface area contributed by atoms with Gasteiger partial charge >= 0.3 is 0 Å². The topological polar surface area (TPSA) is 89.6 Å². The molecule has 4 aliphatic rings. The fourth-order valence-electron chi connectivity index (χ4n) is 6.86. The lowest BCUT2D eigenvalue weighted by Gasteiger charge is -2.36. The summed E-state index contributed by atoms with van der Waals surface area (Å²) in [4.78, 5) is 38.1. The van der Waals surface area contributed by atoms with Crippen LogP contribution in [-0.4, -0.2) is 88.9 Å². The first-order valence-electron chi connectivity index (χ1n) is 15.1. The maximum atomic E-state index is 14.1. The second-order valence-electron chi connectivity index (χ2n) is 12.3. The molecule has 214 valence electrons. The Morgan fingerprint density at radius 2 is 1.73 bits per heavy atom. The standard InChI is InChI=1S/C33H38N4O4/c1-22-18-28-19-27(8-9-29(28)41-22)24-2-4-25(5-3-24)30-34-33(11-14-35(15-12-33)16-17-38)32(40)37(30)21-23-10-13-36(20-23)31(39)26-6-7-26/h2-5,8-9,18-19,23,26,38H,6-7,10-17,20-21H2,1H3/t23-/m1/s1. The number of piperidine rings is 1. The Labute approximate surface area is 240 Å². The normalized spacial score (nSPS) is 22.7. The van der Waals surface area contributed by atoms with Gasteiger partial charge in [0.25, 0.3) is 5.91 Å². The van der Waals surface area contributed by atoms with Crippen molar-refractivity contribution in [3.8, 4) is 11.1 Å². The van der Waals surface area contributed by atoms with Crippen LogP contribution in [0.4, 0.5) is 0 Å². The summed E-state index contributed by atoms with van der Waals surface area (Å²) in [6.07, 6.45) is 4.27. The molecular formula is C33H38N4O4. The molecule has 2 amide bonds. The van der Waals surface area contributed by atoms with E-state index in [2.05, 4.69) is 47.4 Å². The van der Waals surface area contributed by atoms with Crippen LogP contribution in [0.1, 0.15) is 43.4 Å². The first kappa shape index (κ1) is 26.4. The maximum Gasteiger partial charge on any atom is 0.256 e. The van der Waals surface area contributed by atoms with Crippen LogP contribution in [0.3, 0.4) is 0 Å². The highest BCUT2D eigenvalue weighted by atomic mass is 16.3. The van der Waals surface area contributed by atoms with Crippen LogP contribution in [0.15, 0.2) is 57.9 Å². The number of fused-ring (bicyclic) bond motifs is 1. The van der Waals surface area contributed by atoms with E-state index in [9.17, 15) is 14.7 Å². The van der Waals surface area contributed by atoms with Gasteiger partial charge in [0.15, 0.2) is 0 Å². The molecule has 3 fully saturated rings. The summed E-state index contributed by atoms with van der Waals surface area (Å²) < 4.78 is 5.74. The number of hydrogen-bond acceptors (Lipinski definition) is 6. The third kappa shape index (κ3) is 4.97. The van der Waals surface area contributed by atoms with Gasteiger partial charge in [-0.15, -0.1) is 0 Å². The van der Waals surface area contributed by atoms with Crippen LogP contribution in [-0.2, 0) is 9.59 Å². The van der Waals surface area contributed by atoms with Crippen molar-refractivity contribution >= 4 is 28.6 Å². The number of hydrogen-bond donors (Lipinski definition) is 1. The van der Waals surface area contributed by atoms with Crippen LogP contribution in [0.25, 0.3) is 22.1 Å². The van der Waals surface area contributed by atoms with Crippen LogP contribution in [0, 0.1) is 18.8 Å². The minimum atomic E-state index is -0.744. The average Bonchev–Trinajstić information content (AvgIpc) is 3.53. The Kier molecular flexibility index (Phi) is 6.70. The predicted octanol–water partition coefficient (Wildman–Crippen LogP) is 4.08. The molecule has 1 aromatic heterocycles. The monoisotopic (exact) mass is 554 g/mol. The number of carbonyl (C=O) groups excluding carboxylic acids is 2. The zero-order valence-corrected chi connectivity index (χ0v) is 23.7. The first-order chi connectivity index (χ1) is 19.9. The van der Waals surface area contributed by atoms with Gasteiger partial charge in [-0.1, -0.05) is 30.3 Å². The molecule has 7 rings (SSSR count). The zero-order valence-electron chi connectivity index (χ0n) is 23.7. The van der Waals surface area contributed by atoms with E-state index >= 15 is 0 Å². The van der Waals surface area contributed by atoms with Gasteiger partial charge in [-0.3, -0.25) is 19.5 Å². The molecule has 2 aromatic carbocycles. The van der Waals surface area contributed by atoms with E-state index < -0.39 is 5.54 Å². The molecular weight excluding hydrogens is 516 g/mol. The quantitative estimate of drug-likeness (QED) is 0.476. The lowest BCUT2D eigenvalue weighted by Crippen LogP contribution is -2.51. The minimum Gasteiger partial charge on any atom is -0.461 e. The fraction of sp³-hybridized carbons (Fsp3) is 0.485. The molecule has 3 aromatic rings. The molecule has 1 N–H and O–H groups in total. The van der Waals surface area contributed by atoms with E-state index in [0.29, 0.717) is 31.8 Å². The second-order valence-corrected chi connectivity index (χ2v) is 12.3. The third-order valence-corrected chi connectivity index (χ3v) is 9.40. The number of aliphatic imine (C=N–C) groups is 1. The summed E-state index contributed by atoms with van der Waals surface area (Å²) in [5, 5.41) is 10.5. The number of aliphatic hydroxyl groups is 1. The number of likely N-dealkylation sites (tertiary alicyclic amines) is 2. The van der Waals surface area contributed by atoms with Crippen molar-refractivity contribution in [2.45, 2.75) is 44.6 Å². The molecule has 0 bridgehead atoms. The highest BCUT2D eigenvalue weighted by Gasteiger charge is 2.50. The van der Waals surface area contributed by atoms with Crippen molar-refractivity contribution in [1.29, 1.82) is 0 Å². The van der Waals surface area contributed by atoms with Crippen molar-refractivity contribution < 1.29 is 19.1 Å². The van der Waals surface area contributed by atoms with Gasteiger partial charge in [0, 0.05) is 56.1 Å². The smallest absolute Gasteiger partial charge is 0.256 e. The molecule has 1 spiro atoms. The average molecular weight is 555 g/mol. The van der Waals surface area contributed by atoms with E-state index in [4.69, 9.17) is 9.41 Å². The Morgan fingerprint density at radius 3 is 2.46 bits per heavy atom. The summed E-state index contributed by atoms with van der Waals surface area (Å²) >= 11 is 0. The van der Waals surface area contributed by atoms with Gasteiger partial charge in [-0.25, -0.2) is 0 Å². The number of amidine groups is 1. The van der Waals surface area contributed by atoms with Gasteiger partial charge in [-0.2, -0.15) is 0 Å². The van der Waals surface area contributed by atoms with Crippen molar-refractivity contribution in [2.24, 2.45) is 16.8 Å². The van der Waals surface area contributed by atoms with Crippen molar-refractivity contribution in [3.05, 3.63) is 59.9 Å². The second kappa shape index (κ2) is 10.4. The van der Waals surface area contributed by atoms with Crippen LogP contribution >= 0.6 is 0 Å². The highest BCUT2D eigenvalue weighted by Crippen LogP contribution is 2.38. The van der Waals surface area contributed by atoms with E-state index in [0.717, 1.165) is 84.7 Å².